The van der Waals surface area contributed by atoms with Crippen LogP contribution in [0.3, 0.4) is 0 Å². The van der Waals surface area contributed by atoms with Crippen molar-refractivity contribution < 1.29 is 9.53 Å². The molecule has 1 aromatic heterocycles. The molecule has 0 aliphatic carbocycles. The van der Waals surface area contributed by atoms with E-state index in [1.807, 2.05) is 22.9 Å². The molecule has 0 spiro atoms. The van der Waals surface area contributed by atoms with Gasteiger partial charge in [-0.1, -0.05) is 12.1 Å². The summed E-state index contributed by atoms with van der Waals surface area (Å²) >= 11 is 0. The molecule has 1 atom stereocenters. The molecule has 3 rings (SSSR count). The summed E-state index contributed by atoms with van der Waals surface area (Å²) in [4.78, 5) is 17.3. The van der Waals surface area contributed by atoms with Crippen LogP contribution in [0.25, 0.3) is 0 Å². The predicted molar refractivity (Wildman–Crippen MR) is 84.6 cm³/mol. The van der Waals surface area contributed by atoms with Gasteiger partial charge in [0.15, 0.2) is 6.61 Å². The van der Waals surface area contributed by atoms with Gasteiger partial charge in [0, 0.05) is 12.6 Å². The number of rotatable bonds is 7. The number of aromatic nitrogens is 3. The number of hydrogen-bond donors (Lipinski definition) is 1. The number of hydrogen-bond acceptors (Lipinski definition) is 5. The highest BCUT2D eigenvalue weighted by Gasteiger charge is 2.25. The molecule has 0 radical (unpaired) electrons. The summed E-state index contributed by atoms with van der Waals surface area (Å²) in [6, 6.07) is 8.28. The second-order valence-corrected chi connectivity index (χ2v) is 5.79. The third kappa shape index (κ3) is 4.29. The number of carbonyl (C=O) groups is 1. The molecule has 0 bridgehead atoms. The molecule has 7 nitrogen and oxygen atoms in total. The van der Waals surface area contributed by atoms with Crippen LogP contribution in [-0.4, -0.2) is 44.8 Å². The van der Waals surface area contributed by atoms with E-state index in [2.05, 4.69) is 21.0 Å². The summed E-state index contributed by atoms with van der Waals surface area (Å²) in [6.07, 6.45) is 5.68. The SMILES string of the molecule is NC(=O)COc1cccc(CN2CCC[C@H]2Cn2cncn2)c1. The maximum Gasteiger partial charge on any atom is 0.255 e. The highest BCUT2D eigenvalue weighted by atomic mass is 16.5. The van der Waals surface area contributed by atoms with Crippen LogP contribution in [0.2, 0.25) is 0 Å². The molecule has 122 valence electrons. The number of ether oxygens (including phenoxy) is 1. The molecule has 1 amide bonds. The van der Waals surface area contributed by atoms with Gasteiger partial charge in [-0.05, 0) is 37.1 Å². The number of carbonyl (C=O) groups excluding carboxylic acids is 1. The lowest BCUT2D eigenvalue weighted by Crippen LogP contribution is -2.32. The lowest BCUT2D eigenvalue weighted by atomic mass is 10.1. The number of benzene rings is 1. The topological polar surface area (TPSA) is 86.3 Å². The minimum atomic E-state index is -0.470. The molecule has 1 fully saturated rings. The van der Waals surface area contributed by atoms with Gasteiger partial charge in [0.25, 0.3) is 5.91 Å². The molecular weight excluding hydrogens is 294 g/mol. The minimum Gasteiger partial charge on any atom is -0.484 e. The fourth-order valence-corrected chi connectivity index (χ4v) is 2.98. The van der Waals surface area contributed by atoms with E-state index in [1.165, 1.54) is 6.42 Å². The lowest BCUT2D eigenvalue weighted by molar-refractivity contribution is -0.119. The molecule has 2 heterocycles. The van der Waals surface area contributed by atoms with Gasteiger partial charge < -0.3 is 10.5 Å². The Morgan fingerprint density at radius 2 is 2.35 bits per heavy atom. The zero-order valence-electron chi connectivity index (χ0n) is 13.0. The minimum absolute atomic E-state index is 0.0951. The van der Waals surface area contributed by atoms with E-state index >= 15 is 0 Å². The van der Waals surface area contributed by atoms with Crippen molar-refractivity contribution in [3.63, 3.8) is 0 Å². The molecule has 1 saturated heterocycles. The lowest BCUT2D eigenvalue weighted by Gasteiger charge is -2.24. The second-order valence-electron chi connectivity index (χ2n) is 5.79. The largest absolute Gasteiger partial charge is 0.484 e. The zero-order chi connectivity index (χ0) is 16.1. The Morgan fingerprint density at radius 1 is 1.43 bits per heavy atom. The first kappa shape index (κ1) is 15.5. The standard InChI is InChI=1S/C16H21N5O2/c17-16(22)10-23-15-5-1-3-13(7-15)8-20-6-2-4-14(20)9-21-12-18-11-19-21/h1,3,5,7,11-12,14H,2,4,6,8-10H2,(H2,17,22)/t14-/m0/s1. The number of primary amides is 1. The van der Waals surface area contributed by atoms with Crippen LogP contribution in [-0.2, 0) is 17.9 Å². The first-order valence-electron chi connectivity index (χ1n) is 7.77. The molecule has 0 saturated carbocycles. The number of nitrogens with zero attached hydrogens (tertiary/aromatic N) is 4. The first-order chi connectivity index (χ1) is 11.2. The van der Waals surface area contributed by atoms with Crippen molar-refractivity contribution in [2.75, 3.05) is 13.2 Å². The van der Waals surface area contributed by atoms with E-state index in [-0.39, 0.29) is 6.61 Å². The molecular formula is C16H21N5O2. The van der Waals surface area contributed by atoms with E-state index in [4.69, 9.17) is 10.5 Å². The highest BCUT2D eigenvalue weighted by molar-refractivity contribution is 5.75. The van der Waals surface area contributed by atoms with Crippen LogP contribution in [0.15, 0.2) is 36.9 Å². The molecule has 7 heteroatoms. The average molecular weight is 315 g/mol. The van der Waals surface area contributed by atoms with Gasteiger partial charge in [-0.15, -0.1) is 0 Å². The van der Waals surface area contributed by atoms with Crippen molar-refractivity contribution in [1.82, 2.24) is 19.7 Å². The predicted octanol–water partition coefficient (Wildman–Crippen LogP) is 0.807. The number of amides is 1. The first-order valence-corrected chi connectivity index (χ1v) is 7.77. The fourth-order valence-electron chi connectivity index (χ4n) is 2.98. The Labute approximate surface area is 135 Å². The third-order valence-electron chi connectivity index (χ3n) is 4.03. The van der Waals surface area contributed by atoms with E-state index in [0.717, 1.165) is 31.6 Å². The molecule has 1 aliphatic heterocycles. The van der Waals surface area contributed by atoms with E-state index in [9.17, 15) is 4.79 Å². The molecule has 0 unspecified atom stereocenters. The normalized spacial score (nSPS) is 18.2. The molecule has 2 aromatic rings. The maximum atomic E-state index is 10.8. The monoisotopic (exact) mass is 315 g/mol. The smallest absolute Gasteiger partial charge is 0.255 e. The van der Waals surface area contributed by atoms with Gasteiger partial charge in [-0.2, -0.15) is 5.10 Å². The van der Waals surface area contributed by atoms with Crippen LogP contribution >= 0.6 is 0 Å². The Hall–Kier alpha value is -2.41. The quantitative estimate of drug-likeness (QED) is 0.817. The number of nitrogens with two attached hydrogens (primary N) is 1. The highest BCUT2D eigenvalue weighted by Crippen LogP contribution is 2.23. The van der Waals surface area contributed by atoms with E-state index < -0.39 is 5.91 Å². The average Bonchev–Trinajstić information content (AvgIpc) is 3.19. The summed E-state index contributed by atoms with van der Waals surface area (Å²) < 4.78 is 7.25. The Kier molecular flexibility index (Phi) is 4.87. The molecule has 2 N–H and O–H groups in total. The van der Waals surface area contributed by atoms with Crippen LogP contribution < -0.4 is 10.5 Å². The zero-order valence-corrected chi connectivity index (χ0v) is 13.0. The summed E-state index contributed by atoms with van der Waals surface area (Å²) in [7, 11) is 0. The van der Waals surface area contributed by atoms with E-state index in [1.54, 1.807) is 12.7 Å². The van der Waals surface area contributed by atoms with Crippen LogP contribution in [0.1, 0.15) is 18.4 Å². The summed E-state index contributed by atoms with van der Waals surface area (Å²) in [5.74, 6) is 0.205. The second kappa shape index (κ2) is 7.23. The van der Waals surface area contributed by atoms with Crippen molar-refractivity contribution in [3.05, 3.63) is 42.5 Å². The van der Waals surface area contributed by atoms with Crippen LogP contribution in [0, 0.1) is 0 Å². The Balaban J connectivity index is 1.61. The van der Waals surface area contributed by atoms with Crippen molar-refractivity contribution in [2.45, 2.75) is 32.0 Å². The van der Waals surface area contributed by atoms with Gasteiger partial charge in [0.1, 0.15) is 18.4 Å². The molecule has 1 aromatic carbocycles. The van der Waals surface area contributed by atoms with Crippen LogP contribution in [0.5, 0.6) is 5.75 Å². The summed E-state index contributed by atoms with van der Waals surface area (Å²) in [5, 5.41) is 4.19. The van der Waals surface area contributed by atoms with E-state index in [0.29, 0.717) is 11.8 Å². The Morgan fingerprint density at radius 3 is 3.13 bits per heavy atom. The van der Waals surface area contributed by atoms with Gasteiger partial charge in [-0.25, -0.2) is 4.98 Å². The van der Waals surface area contributed by atoms with Crippen molar-refractivity contribution >= 4 is 5.91 Å². The van der Waals surface area contributed by atoms with Gasteiger partial charge in [0.2, 0.25) is 0 Å². The van der Waals surface area contributed by atoms with Gasteiger partial charge >= 0.3 is 0 Å². The van der Waals surface area contributed by atoms with Crippen molar-refractivity contribution in [3.8, 4) is 5.75 Å². The molecule has 1 aliphatic rings. The third-order valence-corrected chi connectivity index (χ3v) is 4.03. The van der Waals surface area contributed by atoms with Crippen molar-refractivity contribution in [2.24, 2.45) is 5.73 Å². The summed E-state index contributed by atoms with van der Waals surface area (Å²) in [6.45, 7) is 2.69. The van der Waals surface area contributed by atoms with Gasteiger partial charge in [0.05, 0.1) is 6.54 Å². The van der Waals surface area contributed by atoms with Crippen LogP contribution in [0.4, 0.5) is 0 Å². The van der Waals surface area contributed by atoms with Gasteiger partial charge in [-0.3, -0.25) is 14.4 Å². The summed E-state index contributed by atoms with van der Waals surface area (Å²) in [5.41, 5.74) is 6.27. The number of likely N-dealkylation sites (tertiary alicyclic amines) is 1. The Bertz CT molecular complexity index is 644. The fraction of sp³-hybridized carbons (Fsp3) is 0.438. The molecule has 23 heavy (non-hydrogen) atoms. The maximum absolute atomic E-state index is 10.8. The van der Waals surface area contributed by atoms with Crippen molar-refractivity contribution in [1.29, 1.82) is 0 Å².